The Bertz CT molecular complexity index is 408. The molecule has 2 rings (SSSR count). The molecule has 1 fully saturated rings. The molecule has 0 unspecified atom stereocenters. The van der Waals surface area contributed by atoms with Crippen molar-refractivity contribution >= 4 is 11.6 Å². The molecule has 0 amide bonds. The van der Waals surface area contributed by atoms with Crippen molar-refractivity contribution in [1.82, 2.24) is 0 Å². The van der Waals surface area contributed by atoms with Gasteiger partial charge in [-0.25, -0.2) is 0 Å². The molecule has 1 aliphatic rings. The maximum Gasteiger partial charge on any atom is 0.573 e. The molecule has 1 aliphatic carbocycles. The zero-order chi connectivity index (χ0) is 13.9. The van der Waals surface area contributed by atoms with Gasteiger partial charge < -0.3 is 4.74 Å². The van der Waals surface area contributed by atoms with Gasteiger partial charge in [0.1, 0.15) is 5.75 Å². The van der Waals surface area contributed by atoms with E-state index in [0.29, 0.717) is 5.88 Å². The number of benzene rings is 1. The van der Waals surface area contributed by atoms with Gasteiger partial charge in [-0.1, -0.05) is 25.0 Å². The lowest BCUT2D eigenvalue weighted by Crippen LogP contribution is -2.21. The van der Waals surface area contributed by atoms with Crippen LogP contribution in [0.1, 0.15) is 31.2 Å². The van der Waals surface area contributed by atoms with Gasteiger partial charge in [-0.05, 0) is 42.4 Å². The molecule has 0 N–H and O–H groups in total. The third kappa shape index (κ3) is 4.03. The molecule has 0 aliphatic heterocycles. The van der Waals surface area contributed by atoms with Crippen LogP contribution in [0.3, 0.4) is 0 Å². The highest BCUT2D eigenvalue weighted by Crippen LogP contribution is 2.42. The lowest BCUT2D eigenvalue weighted by molar-refractivity contribution is -0.274. The fourth-order valence-corrected chi connectivity index (χ4v) is 3.09. The molecule has 0 aromatic heterocycles. The minimum atomic E-state index is -4.63. The second-order valence-corrected chi connectivity index (χ2v) is 5.48. The van der Waals surface area contributed by atoms with Gasteiger partial charge in [0.2, 0.25) is 0 Å². The lowest BCUT2D eigenvalue weighted by atomic mass is 9.82. The van der Waals surface area contributed by atoms with Crippen LogP contribution in [0.25, 0.3) is 0 Å². The van der Waals surface area contributed by atoms with E-state index < -0.39 is 6.36 Å². The highest BCUT2D eigenvalue weighted by molar-refractivity contribution is 6.18. The summed E-state index contributed by atoms with van der Waals surface area (Å²) in [7, 11) is 0. The van der Waals surface area contributed by atoms with Gasteiger partial charge in [0.05, 0.1) is 0 Å². The van der Waals surface area contributed by atoms with E-state index in [0.717, 1.165) is 24.8 Å². The molecule has 0 saturated heterocycles. The van der Waals surface area contributed by atoms with Crippen molar-refractivity contribution in [3.63, 3.8) is 0 Å². The standard InChI is InChI=1S/C14H16ClF3O/c15-10-13(7-1-2-8-13)9-11-3-5-12(6-4-11)19-14(16,17)18/h3-6H,1-2,7-10H2. The summed E-state index contributed by atoms with van der Waals surface area (Å²) in [6.45, 7) is 0. The second kappa shape index (κ2) is 5.61. The summed E-state index contributed by atoms with van der Waals surface area (Å²) in [5.41, 5.74) is 1.13. The van der Waals surface area contributed by atoms with Crippen LogP contribution in [-0.2, 0) is 6.42 Å². The molecule has 19 heavy (non-hydrogen) atoms. The van der Waals surface area contributed by atoms with Crippen LogP contribution in [0.5, 0.6) is 5.75 Å². The number of alkyl halides is 4. The van der Waals surface area contributed by atoms with Gasteiger partial charge in [0.15, 0.2) is 0 Å². The first-order chi connectivity index (χ1) is 8.92. The number of halogens is 4. The summed E-state index contributed by atoms with van der Waals surface area (Å²) < 4.78 is 40.0. The topological polar surface area (TPSA) is 9.23 Å². The Hall–Kier alpha value is -0.900. The minimum Gasteiger partial charge on any atom is -0.406 e. The van der Waals surface area contributed by atoms with Gasteiger partial charge in [0.25, 0.3) is 0 Å². The van der Waals surface area contributed by atoms with Gasteiger partial charge in [0, 0.05) is 5.88 Å². The summed E-state index contributed by atoms with van der Waals surface area (Å²) in [5, 5.41) is 0. The van der Waals surface area contributed by atoms with Crippen LogP contribution in [0, 0.1) is 5.41 Å². The van der Waals surface area contributed by atoms with E-state index in [4.69, 9.17) is 11.6 Å². The van der Waals surface area contributed by atoms with Crippen LogP contribution >= 0.6 is 11.6 Å². The molecule has 0 radical (unpaired) electrons. The first-order valence-electron chi connectivity index (χ1n) is 6.33. The van der Waals surface area contributed by atoms with E-state index in [9.17, 15) is 13.2 Å². The van der Waals surface area contributed by atoms with Crippen molar-refractivity contribution in [3.05, 3.63) is 29.8 Å². The molecular weight excluding hydrogens is 277 g/mol. The van der Waals surface area contributed by atoms with E-state index in [1.807, 2.05) is 0 Å². The first-order valence-corrected chi connectivity index (χ1v) is 6.87. The Balaban J connectivity index is 2.02. The molecule has 1 aromatic rings. The van der Waals surface area contributed by atoms with E-state index in [2.05, 4.69) is 4.74 Å². The largest absolute Gasteiger partial charge is 0.573 e. The highest BCUT2D eigenvalue weighted by Gasteiger charge is 2.33. The fourth-order valence-electron chi connectivity index (χ4n) is 2.72. The van der Waals surface area contributed by atoms with Crippen LogP contribution in [0.4, 0.5) is 13.2 Å². The summed E-state index contributed by atoms with van der Waals surface area (Å²) in [4.78, 5) is 0. The smallest absolute Gasteiger partial charge is 0.406 e. The molecule has 0 heterocycles. The summed E-state index contributed by atoms with van der Waals surface area (Å²) in [6.07, 6.45) is 0.742. The van der Waals surface area contributed by atoms with Gasteiger partial charge in [-0.2, -0.15) is 0 Å². The number of hydrogen-bond acceptors (Lipinski definition) is 1. The zero-order valence-corrected chi connectivity index (χ0v) is 11.2. The van der Waals surface area contributed by atoms with E-state index in [1.165, 1.54) is 25.0 Å². The Labute approximate surface area is 115 Å². The van der Waals surface area contributed by atoms with Crippen LogP contribution in [0.2, 0.25) is 0 Å². The predicted octanol–water partition coefficient (Wildman–Crippen LogP) is 4.93. The highest BCUT2D eigenvalue weighted by atomic mass is 35.5. The molecule has 1 aromatic carbocycles. The summed E-state index contributed by atoms with van der Waals surface area (Å²) >= 11 is 6.06. The van der Waals surface area contributed by atoms with E-state index >= 15 is 0 Å². The van der Waals surface area contributed by atoms with Crippen molar-refractivity contribution in [2.24, 2.45) is 5.41 Å². The molecule has 1 nitrogen and oxygen atoms in total. The summed E-state index contributed by atoms with van der Waals surface area (Å²) in [6, 6.07) is 6.10. The SMILES string of the molecule is FC(F)(F)Oc1ccc(CC2(CCl)CCCC2)cc1. The molecule has 0 spiro atoms. The fraction of sp³-hybridized carbons (Fsp3) is 0.571. The first kappa shape index (κ1) is 14.5. The van der Waals surface area contributed by atoms with Crippen molar-refractivity contribution in [3.8, 4) is 5.75 Å². The molecule has 1 saturated carbocycles. The third-order valence-electron chi connectivity index (χ3n) is 3.68. The van der Waals surface area contributed by atoms with Gasteiger partial charge in [-0.15, -0.1) is 24.8 Å². The number of hydrogen-bond donors (Lipinski definition) is 0. The van der Waals surface area contributed by atoms with E-state index in [-0.39, 0.29) is 11.2 Å². The van der Waals surface area contributed by atoms with Crippen molar-refractivity contribution in [2.45, 2.75) is 38.5 Å². The zero-order valence-electron chi connectivity index (χ0n) is 10.5. The second-order valence-electron chi connectivity index (χ2n) is 5.21. The van der Waals surface area contributed by atoms with Crippen molar-refractivity contribution in [2.75, 3.05) is 5.88 Å². The third-order valence-corrected chi connectivity index (χ3v) is 4.25. The molecule has 5 heteroatoms. The average Bonchev–Trinajstić information content (AvgIpc) is 2.79. The molecule has 0 bridgehead atoms. The van der Waals surface area contributed by atoms with Crippen molar-refractivity contribution < 1.29 is 17.9 Å². The van der Waals surface area contributed by atoms with Crippen LogP contribution < -0.4 is 4.74 Å². The van der Waals surface area contributed by atoms with Crippen molar-refractivity contribution in [1.29, 1.82) is 0 Å². The number of rotatable bonds is 4. The van der Waals surface area contributed by atoms with Gasteiger partial charge >= 0.3 is 6.36 Å². The Morgan fingerprint density at radius 3 is 2.16 bits per heavy atom. The van der Waals surface area contributed by atoms with E-state index in [1.54, 1.807) is 12.1 Å². The maximum absolute atomic E-state index is 12.0. The lowest BCUT2D eigenvalue weighted by Gasteiger charge is -2.26. The summed E-state index contributed by atoms with van der Waals surface area (Å²) in [5.74, 6) is 0.427. The molecule has 0 atom stereocenters. The Kier molecular flexibility index (Phi) is 4.29. The Morgan fingerprint density at radius 2 is 1.68 bits per heavy atom. The predicted molar refractivity (Wildman–Crippen MR) is 68.5 cm³/mol. The van der Waals surface area contributed by atoms with Crippen LogP contribution in [0.15, 0.2) is 24.3 Å². The maximum atomic E-state index is 12.0. The Morgan fingerprint density at radius 1 is 1.11 bits per heavy atom. The number of ether oxygens (including phenoxy) is 1. The average molecular weight is 293 g/mol. The quantitative estimate of drug-likeness (QED) is 0.715. The minimum absolute atomic E-state index is 0.119. The van der Waals surface area contributed by atoms with Crippen LogP contribution in [-0.4, -0.2) is 12.2 Å². The van der Waals surface area contributed by atoms with Gasteiger partial charge in [-0.3, -0.25) is 0 Å². The monoisotopic (exact) mass is 292 g/mol. The molecule has 106 valence electrons. The molecular formula is C14H16ClF3O. The normalized spacial score (nSPS) is 18.5.